The van der Waals surface area contributed by atoms with Crippen LogP contribution in [0, 0.1) is 5.92 Å². The van der Waals surface area contributed by atoms with Crippen molar-refractivity contribution < 1.29 is 19.0 Å². The van der Waals surface area contributed by atoms with Crippen molar-refractivity contribution in [2.24, 2.45) is 5.92 Å². The number of hydrogen-bond donors (Lipinski definition) is 0. The molecule has 0 spiro atoms. The third-order valence-corrected chi connectivity index (χ3v) is 4.49. The Kier molecular flexibility index (Phi) is 5.10. The Hall–Kier alpha value is -0.870. The third-order valence-electron chi connectivity index (χ3n) is 4.49. The van der Waals surface area contributed by atoms with Gasteiger partial charge < -0.3 is 14.2 Å². The predicted octanol–water partition coefficient (Wildman–Crippen LogP) is 3.25. The number of esters is 1. The molecule has 120 valence electrons. The van der Waals surface area contributed by atoms with Gasteiger partial charge in [0, 0.05) is 6.92 Å². The van der Waals surface area contributed by atoms with Gasteiger partial charge in [0.1, 0.15) is 5.60 Å². The number of rotatable bonds is 5. The lowest BCUT2D eigenvalue weighted by molar-refractivity contribution is -0.191. The van der Waals surface area contributed by atoms with Crippen molar-refractivity contribution in [3.63, 3.8) is 0 Å². The zero-order valence-electron chi connectivity index (χ0n) is 13.8. The van der Waals surface area contributed by atoms with Crippen LogP contribution in [-0.4, -0.2) is 36.5 Å². The number of unbranched alkanes of at least 4 members (excludes halogenated alkanes) is 1. The van der Waals surface area contributed by atoms with Gasteiger partial charge in [0.15, 0.2) is 6.10 Å². The molecule has 0 bridgehead atoms. The van der Waals surface area contributed by atoms with Crippen molar-refractivity contribution in [3.05, 3.63) is 11.6 Å². The summed E-state index contributed by atoms with van der Waals surface area (Å²) in [5, 5.41) is 0. The minimum absolute atomic E-state index is 0.0638. The molecular weight excluding hydrogens is 268 g/mol. The van der Waals surface area contributed by atoms with E-state index in [4.69, 9.17) is 14.2 Å². The Balaban J connectivity index is 2.23. The summed E-state index contributed by atoms with van der Waals surface area (Å²) in [6, 6.07) is 0. The first-order valence-electron chi connectivity index (χ1n) is 8.07. The van der Waals surface area contributed by atoms with E-state index in [-0.39, 0.29) is 24.3 Å². The average molecular weight is 296 g/mol. The summed E-state index contributed by atoms with van der Waals surface area (Å²) in [5.74, 6) is 0.109. The van der Waals surface area contributed by atoms with Crippen molar-refractivity contribution >= 4 is 5.97 Å². The SMILES string of the molecule is CCCCC1OCC(OC(C)=O)C2(C)OC(C(C)C)C=C12. The monoisotopic (exact) mass is 296 g/mol. The molecule has 2 heterocycles. The van der Waals surface area contributed by atoms with Gasteiger partial charge in [-0.3, -0.25) is 4.79 Å². The van der Waals surface area contributed by atoms with Crippen molar-refractivity contribution in [1.82, 2.24) is 0 Å². The van der Waals surface area contributed by atoms with Gasteiger partial charge in [-0.1, -0.05) is 39.7 Å². The molecule has 4 atom stereocenters. The van der Waals surface area contributed by atoms with E-state index in [0.29, 0.717) is 12.5 Å². The molecule has 0 amide bonds. The molecule has 0 aliphatic carbocycles. The van der Waals surface area contributed by atoms with E-state index < -0.39 is 5.60 Å². The maximum absolute atomic E-state index is 11.4. The van der Waals surface area contributed by atoms with Crippen molar-refractivity contribution in [1.29, 1.82) is 0 Å². The highest BCUT2D eigenvalue weighted by Crippen LogP contribution is 2.44. The third kappa shape index (κ3) is 3.32. The van der Waals surface area contributed by atoms with Crippen LogP contribution < -0.4 is 0 Å². The minimum Gasteiger partial charge on any atom is -0.457 e. The first-order valence-corrected chi connectivity index (χ1v) is 8.07. The van der Waals surface area contributed by atoms with Crippen LogP contribution in [0.25, 0.3) is 0 Å². The number of ether oxygens (including phenoxy) is 3. The highest BCUT2D eigenvalue weighted by Gasteiger charge is 2.52. The average Bonchev–Trinajstić information content (AvgIpc) is 2.77. The lowest BCUT2D eigenvalue weighted by Crippen LogP contribution is -2.54. The Labute approximate surface area is 127 Å². The van der Waals surface area contributed by atoms with E-state index in [2.05, 4.69) is 26.8 Å². The first kappa shape index (κ1) is 16.5. The summed E-state index contributed by atoms with van der Waals surface area (Å²) >= 11 is 0. The maximum atomic E-state index is 11.4. The Morgan fingerprint density at radius 2 is 2.24 bits per heavy atom. The highest BCUT2D eigenvalue weighted by molar-refractivity contribution is 5.66. The van der Waals surface area contributed by atoms with Crippen LogP contribution in [0.1, 0.15) is 53.9 Å². The topological polar surface area (TPSA) is 44.8 Å². The van der Waals surface area contributed by atoms with Gasteiger partial charge in [0.2, 0.25) is 0 Å². The summed E-state index contributed by atoms with van der Waals surface area (Å²) in [6.45, 7) is 10.4. The summed E-state index contributed by atoms with van der Waals surface area (Å²) in [5.41, 5.74) is 0.615. The minimum atomic E-state index is -0.544. The van der Waals surface area contributed by atoms with Gasteiger partial charge in [-0.15, -0.1) is 0 Å². The van der Waals surface area contributed by atoms with Crippen molar-refractivity contribution in [2.45, 2.75) is 77.8 Å². The fourth-order valence-corrected chi connectivity index (χ4v) is 3.17. The second-order valence-corrected chi connectivity index (χ2v) is 6.62. The van der Waals surface area contributed by atoms with Gasteiger partial charge in [0.05, 0.1) is 18.8 Å². The summed E-state index contributed by atoms with van der Waals surface area (Å²) in [6.07, 6.45) is 5.26. The Bertz CT molecular complexity index is 415. The molecule has 2 aliphatic heterocycles. The molecule has 0 aromatic rings. The van der Waals surface area contributed by atoms with E-state index in [9.17, 15) is 4.79 Å². The number of carbonyl (C=O) groups is 1. The zero-order chi connectivity index (χ0) is 15.6. The number of hydrogen-bond acceptors (Lipinski definition) is 4. The van der Waals surface area contributed by atoms with Crippen LogP contribution in [0.2, 0.25) is 0 Å². The van der Waals surface area contributed by atoms with E-state index in [1.807, 2.05) is 6.92 Å². The fraction of sp³-hybridized carbons (Fsp3) is 0.824. The molecular formula is C17H28O4. The molecule has 4 nitrogen and oxygen atoms in total. The summed E-state index contributed by atoms with van der Waals surface area (Å²) in [4.78, 5) is 11.4. The molecule has 0 aromatic carbocycles. The first-order chi connectivity index (χ1) is 9.88. The van der Waals surface area contributed by atoms with Crippen LogP contribution in [0.3, 0.4) is 0 Å². The molecule has 0 aromatic heterocycles. The molecule has 2 aliphatic rings. The lowest BCUT2D eigenvalue weighted by atomic mass is 9.83. The second-order valence-electron chi connectivity index (χ2n) is 6.62. The van der Waals surface area contributed by atoms with E-state index in [1.165, 1.54) is 6.92 Å². The summed E-state index contributed by atoms with van der Waals surface area (Å²) in [7, 11) is 0. The lowest BCUT2D eigenvalue weighted by Gasteiger charge is -2.43. The molecule has 4 heteroatoms. The van der Waals surface area contributed by atoms with Gasteiger partial charge in [-0.2, -0.15) is 0 Å². The number of carbonyl (C=O) groups excluding carboxylic acids is 1. The molecule has 1 saturated heterocycles. The molecule has 0 N–H and O–H groups in total. The maximum Gasteiger partial charge on any atom is 0.303 e. The predicted molar refractivity (Wildman–Crippen MR) is 81.0 cm³/mol. The normalized spacial score (nSPS) is 35.5. The van der Waals surface area contributed by atoms with Gasteiger partial charge >= 0.3 is 5.97 Å². The Morgan fingerprint density at radius 3 is 2.81 bits per heavy atom. The van der Waals surface area contributed by atoms with E-state index in [0.717, 1.165) is 24.8 Å². The molecule has 1 fully saturated rings. The quantitative estimate of drug-likeness (QED) is 0.577. The van der Waals surface area contributed by atoms with Crippen LogP contribution in [-0.2, 0) is 19.0 Å². The molecule has 2 rings (SSSR count). The highest BCUT2D eigenvalue weighted by atomic mass is 16.6. The fourth-order valence-electron chi connectivity index (χ4n) is 3.17. The van der Waals surface area contributed by atoms with Gasteiger partial charge in [0.25, 0.3) is 0 Å². The van der Waals surface area contributed by atoms with Gasteiger partial charge in [-0.05, 0) is 24.8 Å². The molecule has 0 saturated carbocycles. The van der Waals surface area contributed by atoms with Crippen molar-refractivity contribution in [2.75, 3.05) is 6.61 Å². The van der Waals surface area contributed by atoms with Crippen LogP contribution >= 0.6 is 0 Å². The second kappa shape index (κ2) is 6.49. The Morgan fingerprint density at radius 1 is 1.52 bits per heavy atom. The largest absolute Gasteiger partial charge is 0.457 e. The van der Waals surface area contributed by atoms with Gasteiger partial charge in [-0.25, -0.2) is 0 Å². The van der Waals surface area contributed by atoms with Crippen LogP contribution in [0.5, 0.6) is 0 Å². The van der Waals surface area contributed by atoms with Crippen LogP contribution in [0.15, 0.2) is 11.6 Å². The number of fused-ring (bicyclic) bond motifs is 1. The van der Waals surface area contributed by atoms with Crippen LogP contribution in [0.4, 0.5) is 0 Å². The standard InChI is InChI=1S/C17H28O4/c1-6-7-8-14-13-9-15(11(2)3)21-17(13,5)16(10-19-14)20-12(4)18/h9,11,14-16H,6-8,10H2,1-5H3. The smallest absolute Gasteiger partial charge is 0.303 e. The van der Waals surface area contributed by atoms with E-state index >= 15 is 0 Å². The van der Waals surface area contributed by atoms with Crippen molar-refractivity contribution in [3.8, 4) is 0 Å². The molecule has 21 heavy (non-hydrogen) atoms. The molecule has 4 unspecified atom stereocenters. The van der Waals surface area contributed by atoms with E-state index in [1.54, 1.807) is 0 Å². The molecule has 0 radical (unpaired) electrons. The zero-order valence-corrected chi connectivity index (χ0v) is 13.8. The summed E-state index contributed by atoms with van der Waals surface area (Å²) < 4.78 is 17.7.